The van der Waals surface area contributed by atoms with Crippen LogP contribution in [0.5, 0.6) is 0 Å². The number of nitrogens with one attached hydrogen (secondary N) is 1. The topological polar surface area (TPSA) is 41.1 Å². The van der Waals surface area contributed by atoms with Gasteiger partial charge in [-0.1, -0.05) is 27.7 Å². The van der Waals surface area contributed by atoms with Crippen LogP contribution in [0.1, 0.15) is 59.4 Å². The van der Waals surface area contributed by atoms with Gasteiger partial charge >= 0.3 is 0 Å². The van der Waals surface area contributed by atoms with Crippen molar-refractivity contribution in [1.29, 1.82) is 0 Å². The molecule has 1 atom stereocenters. The zero-order valence-electron chi connectivity index (χ0n) is 14.3. The molecule has 1 heterocycles. The maximum Gasteiger partial charge on any atom is 0.138 e. The van der Waals surface area contributed by atoms with Crippen LogP contribution in [0, 0.1) is 6.92 Å². The number of hydrogen-bond donors (Lipinski definition) is 1. The van der Waals surface area contributed by atoms with E-state index in [4.69, 9.17) is 9.97 Å². The van der Waals surface area contributed by atoms with Gasteiger partial charge in [-0.3, -0.25) is 0 Å². The molecule has 1 aromatic heterocycles. The summed E-state index contributed by atoms with van der Waals surface area (Å²) in [4.78, 5) is 11.8. The Hall–Kier alpha value is -1.32. The molecule has 0 aliphatic heterocycles. The second-order valence-corrected chi connectivity index (χ2v) is 6.49. The minimum Gasteiger partial charge on any atom is -0.370 e. The van der Waals surface area contributed by atoms with Gasteiger partial charge in [0.25, 0.3) is 0 Å². The molecule has 0 amide bonds. The van der Waals surface area contributed by atoms with E-state index in [0.29, 0.717) is 6.04 Å². The van der Waals surface area contributed by atoms with Gasteiger partial charge in [-0.25, -0.2) is 9.97 Å². The van der Waals surface area contributed by atoms with Gasteiger partial charge in [-0.05, 0) is 27.2 Å². The lowest BCUT2D eigenvalue weighted by atomic mass is 9.95. The summed E-state index contributed by atoms with van der Waals surface area (Å²) in [5.74, 6) is 2.89. The normalized spacial score (nSPS) is 13.2. The summed E-state index contributed by atoms with van der Waals surface area (Å²) >= 11 is 0. The van der Waals surface area contributed by atoms with Gasteiger partial charge in [-0.2, -0.15) is 0 Å². The lowest BCUT2D eigenvalue weighted by Crippen LogP contribution is -2.31. The van der Waals surface area contributed by atoms with E-state index in [1.807, 2.05) is 0 Å². The maximum atomic E-state index is 4.83. The summed E-state index contributed by atoms with van der Waals surface area (Å²) in [6.45, 7) is 15.9. The Bertz CT molecular complexity index is 449. The number of hydrogen-bond acceptors (Lipinski definition) is 4. The molecule has 0 spiro atoms. The fourth-order valence-corrected chi connectivity index (χ4v) is 2.01. The van der Waals surface area contributed by atoms with Crippen molar-refractivity contribution in [1.82, 2.24) is 9.97 Å². The molecule has 1 rings (SSSR count). The van der Waals surface area contributed by atoms with Crippen LogP contribution in [0.2, 0.25) is 0 Å². The molecule has 1 aromatic rings. The van der Waals surface area contributed by atoms with Crippen molar-refractivity contribution in [2.24, 2.45) is 0 Å². The SMILES string of the molecule is CCNc1nc(C(C)(C)C)nc(N(C)C(C)CC)c1C. The highest BCUT2D eigenvalue weighted by molar-refractivity contribution is 5.59. The zero-order chi connectivity index (χ0) is 15.5. The summed E-state index contributed by atoms with van der Waals surface area (Å²) in [5.41, 5.74) is 1.07. The smallest absolute Gasteiger partial charge is 0.138 e. The fourth-order valence-electron chi connectivity index (χ4n) is 2.01. The molecule has 0 saturated heterocycles. The highest BCUT2D eigenvalue weighted by atomic mass is 15.2. The summed E-state index contributed by atoms with van der Waals surface area (Å²) < 4.78 is 0. The first-order valence-electron chi connectivity index (χ1n) is 7.58. The van der Waals surface area contributed by atoms with Gasteiger partial charge in [-0.15, -0.1) is 0 Å². The van der Waals surface area contributed by atoms with Crippen LogP contribution in [0.15, 0.2) is 0 Å². The second kappa shape index (κ2) is 6.42. The molecule has 0 saturated carbocycles. The van der Waals surface area contributed by atoms with Crippen molar-refractivity contribution < 1.29 is 0 Å². The standard InChI is InChI=1S/C16H30N4/c1-9-11(3)20(8)14-12(4)13(17-10-2)18-15(19-14)16(5,6)7/h11H,9-10H2,1-8H3,(H,17,18,19). The van der Waals surface area contributed by atoms with E-state index >= 15 is 0 Å². The van der Waals surface area contributed by atoms with Gasteiger partial charge in [0, 0.05) is 30.6 Å². The monoisotopic (exact) mass is 278 g/mol. The van der Waals surface area contributed by atoms with Gasteiger partial charge in [0.15, 0.2) is 0 Å². The van der Waals surface area contributed by atoms with Crippen LogP contribution in [-0.4, -0.2) is 29.6 Å². The number of rotatable bonds is 5. The molecule has 1 unspecified atom stereocenters. The van der Waals surface area contributed by atoms with Gasteiger partial charge in [0.05, 0.1) is 0 Å². The van der Waals surface area contributed by atoms with Crippen LogP contribution in [0.25, 0.3) is 0 Å². The van der Waals surface area contributed by atoms with E-state index in [2.05, 4.69) is 65.7 Å². The van der Waals surface area contributed by atoms with Crippen molar-refractivity contribution in [2.75, 3.05) is 23.8 Å². The minimum absolute atomic E-state index is 0.0527. The molecule has 4 nitrogen and oxygen atoms in total. The third kappa shape index (κ3) is 3.62. The third-order valence-electron chi connectivity index (χ3n) is 3.72. The average Bonchev–Trinajstić information content (AvgIpc) is 2.38. The van der Waals surface area contributed by atoms with Crippen molar-refractivity contribution >= 4 is 11.6 Å². The highest BCUT2D eigenvalue weighted by Crippen LogP contribution is 2.29. The lowest BCUT2D eigenvalue weighted by Gasteiger charge is -2.29. The van der Waals surface area contributed by atoms with E-state index in [1.54, 1.807) is 0 Å². The summed E-state index contributed by atoms with van der Waals surface area (Å²) in [7, 11) is 2.12. The van der Waals surface area contributed by atoms with E-state index in [-0.39, 0.29) is 5.41 Å². The molecule has 0 bridgehead atoms. The van der Waals surface area contributed by atoms with Crippen molar-refractivity contribution in [3.05, 3.63) is 11.4 Å². The quantitative estimate of drug-likeness (QED) is 0.890. The summed E-state index contributed by atoms with van der Waals surface area (Å²) in [6, 6.07) is 0.464. The predicted octanol–water partition coefficient (Wildman–Crippen LogP) is 3.75. The van der Waals surface area contributed by atoms with E-state index in [9.17, 15) is 0 Å². The Labute approximate surface area is 124 Å². The van der Waals surface area contributed by atoms with Crippen LogP contribution in [0.3, 0.4) is 0 Å². The molecule has 1 N–H and O–H groups in total. The maximum absolute atomic E-state index is 4.83. The first-order valence-corrected chi connectivity index (χ1v) is 7.58. The van der Waals surface area contributed by atoms with E-state index in [0.717, 1.165) is 36.0 Å². The van der Waals surface area contributed by atoms with Gasteiger partial charge < -0.3 is 10.2 Å². The molecule has 0 aliphatic rings. The molecule has 4 heteroatoms. The Kier molecular flexibility index (Phi) is 5.37. The first-order chi connectivity index (χ1) is 9.22. The summed E-state index contributed by atoms with van der Waals surface area (Å²) in [5, 5.41) is 3.36. The molecule has 0 radical (unpaired) electrons. The predicted molar refractivity (Wildman–Crippen MR) is 87.8 cm³/mol. The van der Waals surface area contributed by atoms with Crippen LogP contribution in [-0.2, 0) is 5.41 Å². The number of anilines is 2. The van der Waals surface area contributed by atoms with Crippen LogP contribution < -0.4 is 10.2 Å². The fraction of sp³-hybridized carbons (Fsp3) is 0.750. The second-order valence-electron chi connectivity index (χ2n) is 6.49. The molecule has 114 valence electrons. The number of nitrogens with zero attached hydrogens (tertiary/aromatic N) is 3. The molecular formula is C16H30N4. The van der Waals surface area contributed by atoms with E-state index in [1.165, 1.54) is 0 Å². The lowest BCUT2D eigenvalue weighted by molar-refractivity contribution is 0.542. The molecule has 20 heavy (non-hydrogen) atoms. The van der Waals surface area contributed by atoms with Gasteiger partial charge in [0.2, 0.25) is 0 Å². The Morgan fingerprint density at radius 1 is 1.20 bits per heavy atom. The third-order valence-corrected chi connectivity index (χ3v) is 3.72. The first kappa shape index (κ1) is 16.7. The largest absolute Gasteiger partial charge is 0.370 e. The van der Waals surface area contributed by atoms with Crippen molar-refractivity contribution in [3.8, 4) is 0 Å². The van der Waals surface area contributed by atoms with Crippen LogP contribution in [0.4, 0.5) is 11.6 Å². The van der Waals surface area contributed by atoms with Crippen molar-refractivity contribution in [3.63, 3.8) is 0 Å². The molecular weight excluding hydrogens is 248 g/mol. The molecule has 0 aromatic carbocycles. The minimum atomic E-state index is -0.0527. The van der Waals surface area contributed by atoms with Gasteiger partial charge in [0.1, 0.15) is 17.5 Å². The van der Waals surface area contributed by atoms with E-state index < -0.39 is 0 Å². The molecule has 0 fully saturated rings. The van der Waals surface area contributed by atoms with Crippen LogP contribution >= 0.6 is 0 Å². The number of aromatic nitrogens is 2. The molecule has 0 aliphatic carbocycles. The zero-order valence-corrected chi connectivity index (χ0v) is 14.3. The highest BCUT2D eigenvalue weighted by Gasteiger charge is 2.23. The average molecular weight is 278 g/mol. The Morgan fingerprint density at radius 2 is 1.80 bits per heavy atom. The summed E-state index contributed by atoms with van der Waals surface area (Å²) in [6.07, 6.45) is 1.10. The Morgan fingerprint density at radius 3 is 2.25 bits per heavy atom. The Balaban J connectivity index is 3.38. The van der Waals surface area contributed by atoms with Crippen molar-refractivity contribution in [2.45, 2.75) is 66.3 Å².